The first-order valence-corrected chi connectivity index (χ1v) is 21.6. The predicted octanol–water partition coefficient (Wildman–Crippen LogP) is 6.90. The first-order valence-electron chi connectivity index (χ1n) is 21.6. The van der Waals surface area contributed by atoms with Crippen molar-refractivity contribution >= 4 is 35.1 Å². The van der Waals surface area contributed by atoms with Crippen molar-refractivity contribution in [3.8, 4) is 11.5 Å². The van der Waals surface area contributed by atoms with Crippen LogP contribution >= 0.6 is 0 Å². The maximum absolute atomic E-state index is 13.5. The molecule has 7 rings (SSSR count). The van der Waals surface area contributed by atoms with Gasteiger partial charge in [-0.2, -0.15) is 26.3 Å². The molecule has 5 heterocycles. The number of nitrogens with zero attached hydrogens (tertiary/aromatic N) is 10. The summed E-state index contributed by atoms with van der Waals surface area (Å²) in [5.41, 5.74) is 2.07. The van der Waals surface area contributed by atoms with E-state index in [9.17, 15) is 54.3 Å². The van der Waals surface area contributed by atoms with Gasteiger partial charge in [-0.05, 0) is 85.9 Å². The van der Waals surface area contributed by atoms with E-state index in [0.717, 1.165) is 39.3 Å². The number of piperazine rings is 2. The number of amides is 5. The van der Waals surface area contributed by atoms with Crippen molar-refractivity contribution < 1.29 is 58.7 Å². The fourth-order valence-corrected chi connectivity index (χ4v) is 7.10. The molecular weight excluding hydrogens is 927 g/mol. The van der Waals surface area contributed by atoms with Gasteiger partial charge in [-0.3, -0.25) is 29.4 Å². The summed E-state index contributed by atoms with van der Waals surface area (Å²) in [5, 5.41) is 7.94. The summed E-state index contributed by atoms with van der Waals surface area (Å²) < 4.78 is 107. The van der Waals surface area contributed by atoms with Crippen LogP contribution in [0.1, 0.15) is 41.5 Å². The number of halogens is 8. The minimum atomic E-state index is -5.08. The van der Waals surface area contributed by atoms with E-state index >= 15 is 0 Å². The van der Waals surface area contributed by atoms with Crippen LogP contribution < -0.4 is 15.1 Å². The molecule has 5 amide bonds. The lowest BCUT2D eigenvalue weighted by molar-refractivity contribution is -0.173. The number of nitrogens with one attached hydrogen (secondary N) is 1. The Morgan fingerprint density at radius 3 is 1.46 bits per heavy atom. The van der Waals surface area contributed by atoms with Gasteiger partial charge in [0.1, 0.15) is 11.6 Å². The lowest BCUT2D eigenvalue weighted by Crippen LogP contribution is -2.52. The summed E-state index contributed by atoms with van der Waals surface area (Å²) in [6.45, 7) is 10.4. The number of carbonyl (C=O) groups is 4. The van der Waals surface area contributed by atoms with E-state index in [1.54, 1.807) is 15.9 Å². The Kier molecular flexibility index (Phi) is 17.0. The van der Waals surface area contributed by atoms with E-state index in [2.05, 4.69) is 41.3 Å². The second-order valence-electron chi connectivity index (χ2n) is 15.6. The number of anilines is 2. The number of pyridine rings is 2. The molecule has 2 aliphatic heterocycles. The number of hydrogen-bond donors (Lipinski definition) is 1. The van der Waals surface area contributed by atoms with Crippen LogP contribution in [0.2, 0.25) is 0 Å². The fourth-order valence-electron chi connectivity index (χ4n) is 7.10. The molecule has 368 valence electrons. The molecule has 2 aliphatic rings. The van der Waals surface area contributed by atoms with E-state index in [1.165, 1.54) is 94.2 Å². The molecule has 69 heavy (non-hydrogen) atoms. The first kappa shape index (κ1) is 51.3. The zero-order valence-electron chi connectivity index (χ0n) is 37.3. The molecule has 1 N–H and O–H groups in total. The summed E-state index contributed by atoms with van der Waals surface area (Å²) in [7, 11) is 0. The van der Waals surface area contributed by atoms with Gasteiger partial charge in [0.25, 0.3) is 0 Å². The van der Waals surface area contributed by atoms with Crippen LogP contribution in [0.3, 0.4) is 0 Å². The Hall–Kier alpha value is -7.08. The van der Waals surface area contributed by atoms with Crippen molar-refractivity contribution in [3.05, 3.63) is 120 Å². The van der Waals surface area contributed by atoms with Crippen LogP contribution in [-0.4, -0.2) is 142 Å². The topological polar surface area (TPSA) is 164 Å². The highest BCUT2D eigenvalue weighted by Gasteiger charge is 2.39. The number of ketones is 1. The Morgan fingerprint density at radius 2 is 1.09 bits per heavy atom. The highest BCUT2D eigenvalue weighted by Crippen LogP contribution is 2.30. The van der Waals surface area contributed by atoms with Gasteiger partial charge in [0, 0.05) is 81.7 Å². The van der Waals surface area contributed by atoms with Crippen LogP contribution in [0.15, 0.2) is 89.6 Å². The minimum absolute atomic E-state index is 0.00608. The zero-order chi connectivity index (χ0) is 49.9. The van der Waals surface area contributed by atoms with Gasteiger partial charge in [0.15, 0.2) is 5.78 Å². The number of alkyl halides is 6. The molecule has 0 saturated carbocycles. The number of likely N-dealkylation sites (N-methyl/N-ethyl adjacent to an activating group) is 2. The van der Waals surface area contributed by atoms with Gasteiger partial charge in [-0.15, -0.1) is 10.2 Å². The Labute approximate surface area is 390 Å². The Balaban J connectivity index is 0.000000227. The summed E-state index contributed by atoms with van der Waals surface area (Å²) >= 11 is 0. The van der Waals surface area contributed by atoms with Gasteiger partial charge in [0.05, 0.1) is 36.6 Å². The van der Waals surface area contributed by atoms with Crippen LogP contribution in [-0.2, 0) is 24.1 Å². The third-order valence-electron chi connectivity index (χ3n) is 11.1. The number of rotatable bonds is 12. The molecule has 3 aromatic heterocycles. The maximum atomic E-state index is 13.5. The molecular formula is C45H47F8N11O5. The molecule has 0 unspecified atom stereocenters. The molecule has 16 nitrogen and oxygen atoms in total. The minimum Gasteiger partial charge on any atom is -0.413 e. The lowest BCUT2D eigenvalue weighted by Gasteiger charge is -2.37. The highest BCUT2D eigenvalue weighted by molar-refractivity contribution is 5.99. The molecule has 0 aliphatic carbocycles. The molecule has 0 spiro atoms. The Morgan fingerprint density at radius 1 is 0.623 bits per heavy atom. The van der Waals surface area contributed by atoms with E-state index in [4.69, 9.17) is 0 Å². The number of hydrogen-bond acceptors (Lipinski definition) is 11. The number of aromatic nitrogens is 4. The van der Waals surface area contributed by atoms with Gasteiger partial charge in [-0.1, -0.05) is 13.8 Å². The zero-order valence-corrected chi connectivity index (χ0v) is 37.3. The smallest absolute Gasteiger partial charge is 0.413 e. The fraction of sp³-hybridized carbons (Fsp3) is 0.378. The molecule has 2 aromatic carbocycles. The Bertz CT molecular complexity index is 2490. The van der Waals surface area contributed by atoms with Gasteiger partial charge in [-0.25, -0.2) is 18.4 Å². The van der Waals surface area contributed by atoms with E-state index in [1.807, 2.05) is 6.92 Å². The van der Waals surface area contributed by atoms with E-state index in [-0.39, 0.29) is 42.2 Å². The van der Waals surface area contributed by atoms with Crippen LogP contribution in [0.25, 0.3) is 11.5 Å². The van der Waals surface area contributed by atoms with Gasteiger partial charge < -0.3 is 29.3 Å². The highest BCUT2D eigenvalue weighted by atomic mass is 19.4. The van der Waals surface area contributed by atoms with Gasteiger partial charge in [0.2, 0.25) is 5.89 Å². The average Bonchev–Trinajstić information content (AvgIpc) is 3.87. The van der Waals surface area contributed by atoms with Crippen molar-refractivity contribution in [1.82, 2.24) is 45.1 Å². The monoisotopic (exact) mass is 973 g/mol. The van der Waals surface area contributed by atoms with E-state index < -0.39 is 48.1 Å². The quantitative estimate of drug-likeness (QED) is 0.102. The van der Waals surface area contributed by atoms with E-state index in [0.29, 0.717) is 48.9 Å². The summed E-state index contributed by atoms with van der Waals surface area (Å²) in [5.74, 6) is -5.58. The van der Waals surface area contributed by atoms with Crippen LogP contribution in [0.5, 0.6) is 0 Å². The van der Waals surface area contributed by atoms with Crippen LogP contribution in [0, 0.1) is 11.6 Å². The largest absolute Gasteiger partial charge is 0.471 e. The van der Waals surface area contributed by atoms with Gasteiger partial charge >= 0.3 is 36.2 Å². The van der Waals surface area contributed by atoms with Crippen molar-refractivity contribution in [2.45, 2.75) is 39.3 Å². The van der Waals surface area contributed by atoms with Crippen molar-refractivity contribution in [2.24, 2.45) is 0 Å². The lowest BCUT2D eigenvalue weighted by atomic mass is 10.1. The molecule has 24 heteroatoms. The van der Waals surface area contributed by atoms with Crippen molar-refractivity contribution in [1.29, 1.82) is 0 Å². The molecule has 2 saturated heterocycles. The standard InChI is InChI=1S/C23H25F4N5O3.C22H22F4N6O2/c1-2-30-9-11-31(12-10-30)22(35)32(19-7-4-17(24)5-8-19)15-18-6-3-16(13-28-18)20(33)14-29-21(34)23(25,26)27;1-2-30-9-11-31(12-10-30)21(33)32(18-7-4-16(23)5-8-18)14-17-6-3-15(13-27-17)19-28-29-20(34-19)22(24,25)26/h3-8,13H,2,9-12,14-15H2,1H3,(H,29,34);3-8,13H,2,9-12,14H2,1H3. The average molecular weight is 974 g/mol. The number of carbonyl (C=O) groups excluding carboxylic acids is 4. The maximum Gasteiger partial charge on any atom is 0.471 e. The summed E-state index contributed by atoms with van der Waals surface area (Å²) in [6.07, 6.45) is -7.35. The number of benzene rings is 2. The normalized spacial score (nSPS) is 14.7. The molecule has 5 aromatic rings. The number of urea groups is 2. The third kappa shape index (κ3) is 14.0. The summed E-state index contributed by atoms with van der Waals surface area (Å²) in [4.78, 5) is 68.9. The predicted molar refractivity (Wildman–Crippen MR) is 233 cm³/mol. The summed E-state index contributed by atoms with van der Waals surface area (Å²) in [6, 6.07) is 16.4. The van der Waals surface area contributed by atoms with Crippen molar-refractivity contribution in [3.63, 3.8) is 0 Å². The number of Topliss-reactive ketones (excluding diaryl/α,β-unsaturated/α-hetero) is 1. The third-order valence-corrected chi connectivity index (χ3v) is 11.1. The molecule has 2 fully saturated rings. The molecule has 0 bridgehead atoms. The van der Waals surface area contributed by atoms with Crippen LogP contribution in [0.4, 0.5) is 56.1 Å². The first-order chi connectivity index (χ1) is 32.8. The molecule has 0 radical (unpaired) electrons. The van der Waals surface area contributed by atoms with Crippen molar-refractivity contribution in [2.75, 3.05) is 81.8 Å². The second kappa shape index (κ2) is 22.8. The SMILES string of the molecule is CCN1CCN(C(=O)N(Cc2ccc(-c3nnc(C(F)(F)F)o3)cn2)c2ccc(F)cc2)CC1.CCN1CCN(C(=O)N(Cc2ccc(C(=O)CNC(=O)C(F)(F)F)cn2)c2ccc(F)cc2)CC1. The second-order valence-corrected chi connectivity index (χ2v) is 15.6. The molecule has 0 atom stereocenters.